The second-order valence-corrected chi connectivity index (χ2v) is 6.43. The monoisotopic (exact) mass is 376 g/mol. The minimum Gasteiger partial charge on any atom is -0.495 e. The highest BCUT2D eigenvalue weighted by molar-refractivity contribution is 6.31. The number of ether oxygens (including phenoxy) is 1. The quantitative estimate of drug-likeness (QED) is 0.825. The molecule has 1 aliphatic heterocycles. The Bertz CT molecular complexity index is 858. The van der Waals surface area contributed by atoms with Crippen LogP contribution in [0.25, 0.3) is 0 Å². The summed E-state index contributed by atoms with van der Waals surface area (Å²) in [6.45, 7) is 2.27. The van der Waals surface area contributed by atoms with Crippen LogP contribution in [0.2, 0.25) is 5.02 Å². The molecule has 7 heteroatoms. The smallest absolute Gasteiger partial charge is 0.254 e. The Labute approximate surface area is 155 Å². The van der Waals surface area contributed by atoms with Gasteiger partial charge in [0.15, 0.2) is 0 Å². The molecule has 0 aliphatic carbocycles. The molecule has 1 atom stereocenters. The van der Waals surface area contributed by atoms with Crippen LogP contribution in [-0.4, -0.2) is 43.0 Å². The molecule has 1 aliphatic rings. The zero-order chi connectivity index (χ0) is 18.8. The second kappa shape index (κ2) is 7.33. The van der Waals surface area contributed by atoms with Gasteiger partial charge in [0, 0.05) is 23.7 Å². The molecule has 26 heavy (non-hydrogen) atoms. The van der Waals surface area contributed by atoms with E-state index in [9.17, 15) is 14.0 Å². The van der Waals surface area contributed by atoms with Gasteiger partial charge in [-0.05, 0) is 43.3 Å². The fourth-order valence-corrected chi connectivity index (χ4v) is 3.21. The number of hydrogen-bond donors (Lipinski definition) is 0. The Morgan fingerprint density at radius 3 is 2.69 bits per heavy atom. The first-order valence-electron chi connectivity index (χ1n) is 8.14. The van der Waals surface area contributed by atoms with Crippen molar-refractivity contribution in [3.05, 3.63) is 58.9 Å². The van der Waals surface area contributed by atoms with Crippen molar-refractivity contribution in [2.75, 3.05) is 25.1 Å². The average Bonchev–Trinajstić information content (AvgIpc) is 2.63. The van der Waals surface area contributed by atoms with Crippen molar-refractivity contribution in [2.45, 2.75) is 13.0 Å². The van der Waals surface area contributed by atoms with Crippen LogP contribution in [-0.2, 0) is 4.79 Å². The molecule has 0 N–H and O–H groups in total. The number of amides is 2. The zero-order valence-electron chi connectivity index (χ0n) is 14.4. The molecule has 1 saturated heterocycles. The van der Waals surface area contributed by atoms with Gasteiger partial charge in [0.1, 0.15) is 17.6 Å². The third-order valence-corrected chi connectivity index (χ3v) is 4.65. The Morgan fingerprint density at radius 1 is 1.23 bits per heavy atom. The Balaban J connectivity index is 1.85. The van der Waals surface area contributed by atoms with Crippen molar-refractivity contribution in [2.24, 2.45) is 0 Å². The van der Waals surface area contributed by atoms with Crippen molar-refractivity contribution in [3.8, 4) is 5.75 Å². The van der Waals surface area contributed by atoms with E-state index in [0.717, 1.165) is 0 Å². The van der Waals surface area contributed by atoms with E-state index < -0.39 is 11.9 Å². The largest absolute Gasteiger partial charge is 0.495 e. The summed E-state index contributed by atoms with van der Waals surface area (Å²) in [5, 5.41) is 0.486. The van der Waals surface area contributed by atoms with Gasteiger partial charge >= 0.3 is 0 Å². The van der Waals surface area contributed by atoms with Crippen LogP contribution in [0.3, 0.4) is 0 Å². The van der Waals surface area contributed by atoms with E-state index in [1.165, 1.54) is 36.3 Å². The summed E-state index contributed by atoms with van der Waals surface area (Å²) in [6.07, 6.45) is 0. The topological polar surface area (TPSA) is 49.9 Å². The molecular weight excluding hydrogens is 359 g/mol. The number of anilines is 1. The van der Waals surface area contributed by atoms with Gasteiger partial charge in [-0.1, -0.05) is 17.7 Å². The number of rotatable bonds is 3. The molecule has 0 aromatic heterocycles. The predicted octanol–water partition coefficient (Wildman–Crippen LogP) is 3.37. The van der Waals surface area contributed by atoms with Crippen molar-refractivity contribution in [3.63, 3.8) is 0 Å². The molecule has 0 radical (unpaired) electrons. The SMILES string of the molecule is COc1ccc(Cl)cc1N1CCN(C(=O)c2cccc(F)c2)[C@@H](C)C1=O. The summed E-state index contributed by atoms with van der Waals surface area (Å²) in [6, 6.07) is 9.80. The Morgan fingerprint density at radius 2 is 2.00 bits per heavy atom. The molecule has 0 spiro atoms. The lowest BCUT2D eigenvalue weighted by atomic mass is 10.1. The van der Waals surface area contributed by atoms with Gasteiger partial charge in [-0.25, -0.2) is 4.39 Å². The highest BCUT2D eigenvalue weighted by atomic mass is 35.5. The average molecular weight is 377 g/mol. The van der Waals surface area contributed by atoms with Crippen LogP contribution < -0.4 is 9.64 Å². The zero-order valence-corrected chi connectivity index (χ0v) is 15.2. The van der Waals surface area contributed by atoms with E-state index in [1.807, 2.05) is 0 Å². The number of nitrogens with zero attached hydrogens (tertiary/aromatic N) is 2. The number of methoxy groups -OCH3 is 1. The molecule has 0 bridgehead atoms. The van der Waals surface area contributed by atoms with E-state index in [4.69, 9.17) is 16.3 Å². The maximum absolute atomic E-state index is 13.4. The first-order valence-corrected chi connectivity index (χ1v) is 8.51. The van der Waals surface area contributed by atoms with Gasteiger partial charge in [-0.15, -0.1) is 0 Å². The number of carbonyl (C=O) groups excluding carboxylic acids is 2. The minimum absolute atomic E-state index is 0.221. The van der Waals surface area contributed by atoms with Gasteiger partial charge in [-0.2, -0.15) is 0 Å². The van der Waals surface area contributed by atoms with Crippen LogP contribution >= 0.6 is 11.6 Å². The lowest BCUT2D eigenvalue weighted by Gasteiger charge is -2.39. The Hall–Kier alpha value is -2.60. The lowest BCUT2D eigenvalue weighted by Crippen LogP contribution is -2.57. The molecular formula is C19H18ClFN2O3. The number of carbonyl (C=O) groups is 2. The number of hydrogen-bond acceptors (Lipinski definition) is 3. The molecule has 2 aromatic carbocycles. The fourth-order valence-electron chi connectivity index (χ4n) is 3.05. The standard InChI is InChI=1S/C19H18ClFN2O3/c1-12-18(24)23(16-11-14(20)6-7-17(16)26-2)9-8-22(12)19(25)13-4-3-5-15(21)10-13/h3-7,10-12H,8-9H2,1-2H3/t12-/m0/s1. The molecule has 0 saturated carbocycles. The fraction of sp³-hybridized carbons (Fsp3) is 0.263. The van der Waals surface area contributed by atoms with Crippen LogP contribution in [0.4, 0.5) is 10.1 Å². The van der Waals surface area contributed by atoms with Gasteiger partial charge in [0.2, 0.25) is 5.91 Å². The van der Waals surface area contributed by atoms with Crippen LogP contribution in [0.15, 0.2) is 42.5 Å². The molecule has 3 rings (SSSR count). The first kappa shape index (κ1) is 18.2. The summed E-state index contributed by atoms with van der Waals surface area (Å²) in [4.78, 5) is 28.6. The van der Waals surface area contributed by atoms with Crippen LogP contribution in [0.5, 0.6) is 5.75 Å². The van der Waals surface area contributed by atoms with Crippen molar-refractivity contribution < 1.29 is 18.7 Å². The van der Waals surface area contributed by atoms with Gasteiger partial charge in [0.05, 0.1) is 12.8 Å². The van der Waals surface area contributed by atoms with E-state index in [0.29, 0.717) is 29.5 Å². The summed E-state index contributed by atoms with van der Waals surface area (Å²) < 4.78 is 18.7. The van der Waals surface area contributed by atoms with Gasteiger partial charge < -0.3 is 14.5 Å². The highest BCUT2D eigenvalue weighted by Gasteiger charge is 2.36. The van der Waals surface area contributed by atoms with Crippen LogP contribution in [0.1, 0.15) is 17.3 Å². The van der Waals surface area contributed by atoms with E-state index in [2.05, 4.69) is 0 Å². The molecule has 136 valence electrons. The highest BCUT2D eigenvalue weighted by Crippen LogP contribution is 2.33. The van der Waals surface area contributed by atoms with Crippen molar-refractivity contribution in [1.29, 1.82) is 0 Å². The third kappa shape index (κ3) is 3.37. The summed E-state index contributed by atoms with van der Waals surface area (Å²) in [7, 11) is 1.52. The first-order chi connectivity index (χ1) is 12.4. The molecule has 2 amide bonds. The molecule has 5 nitrogen and oxygen atoms in total. The summed E-state index contributed by atoms with van der Waals surface area (Å²) in [5.41, 5.74) is 0.785. The number of halogens is 2. The molecule has 1 heterocycles. The summed E-state index contributed by atoms with van der Waals surface area (Å²) >= 11 is 6.06. The van der Waals surface area contributed by atoms with Crippen LogP contribution in [0, 0.1) is 5.82 Å². The van der Waals surface area contributed by atoms with E-state index in [-0.39, 0.29) is 17.4 Å². The number of piperazine rings is 1. The molecule has 2 aromatic rings. The Kier molecular flexibility index (Phi) is 5.13. The van der Waals surface area contributed by atoms with Gasteiger partial charge in [-0.3, -0.25) is 9.59 Å². The minimum atomic E-state index is -0.691. The predicted molar refractivity (Wildman–Crippen MR) is 97.3 cm³/mol. The lowest BCUT2D eigenvalue weighted by molar-refractivity contribution is -0.124. The normalized spacial score (nSPS) is 17.4. The molecule has 1 fully saturated rings. The van der Waals surface area contributed by atoms with Crippen molar-refractivity contribution >= 4 is 29.1 Å². The van der Waals surface area contributed by atoms with E-state index in [1.54, 1.807) is 30.0 Å². The maximum Gasteiger partial charge on any atom is 0.254 e. The number of benzene rings is 2. The third-order valence-electron chi connectivity index (χ3n) is 4.42. The molecule has 0 unspecified atom stereocenters. The second-order valence-electron chi connectivity index (χ2n) is 5.99. The van der Waals surface area contributed by atoms with E-state index >= 15 is 0 Å². The summed E-state index contributed by atoms with van der Waals surface area (Å²) in [5.74, 6) is -0.582. The van der Waals surface area contributed by atoms with Crippen molar-refractivity contribution in [1.82, 2.24) is 4.90 Å². The maximum atomic E-state index is 13.4. The van der Waals surface area contributed by atoms with Gasteiger partial charge in [0.25, 0.3) is 5.91 Å².